The van der Waals surface area contributed by atoms with Gasteiger partial charge in [-0.15, -0.1) is 0 Å². The molecule has 1 atom stereocenters. The lowest BCUT2D eigenvalue weighted by atomic mass is 10.0. The lowest BCUT2D eigenvalue weighted by Crippen LogP contribution is -2.36. The molecule has 0 N–H and O–H groups in total. The molecule has 0 bridgehead atoms. The largest absolute Gasteiger partial charge is 0.404 e. The maximum Gasteiger partial charge on any atom is 0.360 e. The van der Waals surface area contributed by atoms with Crippen molar-refractivity contribution >= 4 is 8.32 Å². The first-order valence-corrected chi connectivity index (χ1v) is 8.69. The van der Waals surface area contributed by atoms with Crippen molar-refractivity contribution in [1.29, 1.82) is 5.26 Å². The van der Waals surface area contributed by atoms with Crippen LogP contribution >= 0.6 is 0 Å². The van der Waals surface area contributed by atoms with E-state index in [1.165, 1.54) is 0 Å². The minimum absolute atomic E-state index is 0.335. The van der Waals surface area contributed by atoms with E-state index in [9.17, 15) is 8.78 Å². The molecule has 0 radical (unpaired) electrons. The van der Waals surface area contributed by atoms with Crippen molar-refractivity contribution in [2.45, 2.75) is 31.7 Å². The summed E-state index contributed by atoms with van der Waals surface area (Å²) in [5.41, 5.74) is 0.335. The molecule has 1 aromatic carbocycles. The Hall–Kier alpha value is -1.25. The van der Waals surface area contributed by atoms with Gasteiger partial charge >= 0.3 is 5.92 Å². The molecule has 17 heavy (non-hydrogen) atoms. The molecule has 0 spiro atoms. The van der Waals surface area contributed by atoms with Crippen molar-refractivity contribution in [1.82, 2.24) is 0 Å². The van der Waals surface area contributed by atoms with Crippen LogP contribution in [0.15, 0.2) is 30.3 Å². The van der Waals surface area contributed by atoms with E-state index >= 15 is 0 Å². The molecule has 1 unspecified atom stereocenters. The summed E-state index contributed by atoms with van der Waals surface area (Å²) >= 11 is 0. The lowest BCUT2D eigenvalue weighted by Gasteiger charge is -2.29. The van der Waals surface area contributed by atoms with Gasteiger partial charge < -0.3 is 4.43 Å². The normalized spacial score (nSPS) is 14.1. The second-order valence-electron chi connectivity index (χ2n) is 4.76. The Kier molecular flexibility index (Phi) is 4.01. The van der Waals surface area contributed by atoms with Crippen LogP contribution in [0.1, 0.15) is 11.7 Å². The van der Waals surface area contributed by atoms with Crippen molar-refractivity contribution in [3.8, 4) is 6.07 Å². The van der Waals surface area contributed by atoms with Gasteiger partial charge in [-0.25, -0.2) is 0 Å². The van der Waals surface area contributed by atoms with Crippen LogP contribution in [0, 0.1) is 11.3 Å². The molecule has 0 aliphatic rings. The van der Waals surface area contributed by atoms with Crippen molar-refractivity contribution < 1.29 is 13.2 Å². The van der Waals surface area contributed by atoms with Crippen molar-refractivity contribution in [3.05, 3.63) is 35.9 Å². The molecule has 0 saturated carbocycles. The molecule has 0 aliphatic heterocycles. The van der Waals surface area contributed by atoms with Gasteiger partial charge in [-0.05, 0) is 25.2 Å². The molecular weight excluding hydrogens is 240 g/mol. The summed E-state index contributed by atoms with van der Waals surface area (Å²) in [7, 11) is -2.16. The van der Waals surface area contributed by atoms with E-state index in [1.807, 2.05) is 19.6 Å². The first-order chi connectivity index (χ1) is 7.76. The predicted octanol–water partition coefficient (Wildman–Crippen LogP) is 3.74. The fraction of sp³-hybridized carbons (Fsp3) is 0.417. The minimum atomic E-state index is -3.51. The molecule has 0 aliphatic carbocycles. The number of halogens is 2. The quantitative estimate of drug-likeness (QED) is 0.768. The average Bonchev–Trinajstić information content (AvgIpc) is 2.26. The van der Waals surface area contributed by atoms with Crippen LogP contribution in [0.2, 0.25) is 19.6 Å². The smallest absolute Gasteiger partial charge is 0.360 e. The summed E-state index contributed by atoms with van der Waals surface area (Å²) in [6.45, 7) is 5.45. The fourth-order valence-electron chi connectivity index (χ4n) is 1.39. The van der Waals surface area contributed by atoms with E-state index in [0.29, 0.717) is 5.56 Å². The van der Waals surface area contributed by atoms with Gasteiger partial charge in [0, 0.05) is 0 Å². The monoisotopic (exact) mass is 255 g/mol. The van der Waals surface area contributed by atoms with Crippen LogP contribution in [0.4, 0.5) is 8.78 Å². The first-order valence-electron chi connectivity index (χ1n) is 5.28. The third-order valence-corrected chi connectivity index (χ3v) is 2.99. The standard InChI is InChI=1S/C12H15F2NOSi/c1-17(2,3)16-11(12(13,14)9-15)10-7-5-4-6-8-10/h4-8,11H,1-3H3. The van der Waals surface area contributed by atoms with Crippen molar-refractivity contribution in [2.75, 3.05) is 0 Å². The van der Waals surface area contributed by atoms with Crippen LogP contribution in [-0.4, -0.2) is 14.2 Å². The summed E-state index contributed by atoms with van der Waals surface area (Å²) in [4.78, 5) is 0. The number of hydrogen-bond acceptors (Lipinski definition) is 2. The Labute approximate surface area is 101 Å². The van der Waals surface area contributed by atoms with Gasteiger partial charge in [-0.3, -0.25) is 0 Å². The Bertz CT molecular complexity index is 409. The van der Waals surface area contributed by atoms with E-state index in [-0.39, 0.29) is 0 Å². The Morgan fingerprint density at radius 3 is 2.18 bits per heavy atom. The van der Waals surface area contributed by atoms with Crippen LogP contribution in [0.3, 0.4) is 0 Å². The highest BCUT2D eigenvalue weighted by Gasteiger charge is 2.43. The van der Waals surface area contributed by atoms with E-state index < -0.39 is 20.3 Å². The van der Waals surface area contributed by atoms with Gasteiger partial charge in [0.2, 0.25) is 0 Å². The maximum absolute atomic E-state index is 13.6. The Morgan fingerprint density at radius 1 is 1.24 bits per heavy atom. The zero-order valence-electron chi connectivity index (χ0n) is 10.1. The number of nitriles is 1. The van der Waals surface area contributed by atoms with E-state index in [0.717, 1.165) is 6.07 Å². The van der Waals surface area contributed by atoms with Crippen LogP contribution in [0.25, 0.3) is 0 Å². The lowest BCUT2D eigenvalue weighted by molar-refractivity contribution is -0.0553. The van der Waals surface area contributed by atoms with E-state index in [1.54, 1.807) is 30.3 Å². The molecule has 2 nitrogen and oxygen atoms in total. The first kappa shape index (κ1) is 13.8. The van der Waals surface area contributed by atoms with Gasteiger partial charge in [0.1, 0.15) is 12.2 Å². The minimum Gasteiger partial charge on any atom is -0.404 e. The summed E-state index contributed by atoms with van der Waals surface area (Å²) in [6, 6.07) is 9.18. The SMILES string of the molecule is C[Si](C)(C)OC(c1ccccc1)C(F)(F)C#N. The highest BCUT2D eigenvalue weighted by atomic mass is 28.4. The summed E-state index contributed by atoms with van der Waals surface area (Å²) in [6.07, 6.45) is -1.49. The number of rotatable bonds is 4. The van der Waals surface area contributed by atoms with Crippen molar-refractivity contribution in [2.24, 2.45) is 0 Å². The van der Waals surface area contributed by atoms with Crippen LogP contribution < -0.4 is 0 Å². The highest BCUT2D eigenvalue weighted by molar-refractivity contribution is 6.69. The Morgan fingerprint density at radius 2 is 1.76 bits per heavy atom. The van der Waals surface area contributed by atoms with Gasteiger partial charge in [0.15, 0.2) is 8.32 Å². The molecule has 92 valence electrons. The average molecular weight is 255 g/mol. The molecule has 0 amide bonds. The zero-order chi connectivity index (χ0) is 13.1. The topological polar surface area (TPSA) is 33.0 Å². The fourth-order valence-corrected chi connectivity index (χ4v) is 2.38. The summed E-state index contributed by atoms with van der Waals surface area (Å²) < 4.78 is 32.6. The number of alkyl halides is 2. The molecule has 0 heterocycles. The van der Waals surface area contributed by atoms with Gasteiger partial charge in [0.25, 0.3) is 0 Å². The third kappa shape index (κ3) is 3.91. The molecule has 5 heteroatoms. The summed E-state index contributed by atoms with van der Waals surface area (Å²) in [5, 5.41) is 8.56. The van der Waals surface area contributed by atoms with Crippen LogP contribution in [0.5, 0.6) is 0 Å². The van der Waals surface area contributed by atoms with Gasteiger partial charge in [-0.1, -0.05) is 30.3 Å². The second kappa shape index (κ2) is 4.94. The molecule has 0 aromatic heterocycles. The molecule has 0 fully saturated rings. The number of benzene rings is 1. The molecule has 1 rings (SSSR count). The molecule has 1 aromatic rings. The second-order valence-corrected chi connectivity index (χ2v) is 9.22. The Balaban J connectivity index is 3.09. The van der Waals surface area contributed by atoms with E-state index in [2.05, 4.69) is 0 Å². The maximum atomic E-state index is 13.6. The van der Waals surface area contributed by atoms with E-state index in [4.69, 9.17) is 9.69 Å². The highest BCUT2D eigenvalue weighted by Crippen LogP contribution is 2.36. The summed E-state index contributed by atoms with van der Waals surface area (Å²) in [5.74, 6) is -3.51. The zero-order valence-corrected chi connectivity index (χ0v) is 11.1. The number of nitrogens with zero attached hydrogens (tertiary/aromatic N) is 1. The third-order valence-electron chi connectivity index (χ3n) is 2.05. The molecular formula is C12H15F2NOSi. The van der Waals surface area contributed by atoms with Gasteiger partial charge in [0.05, 0.1) is 0 Å². The van der Waals surface area contributed by atoms with Crippen molar-refractivity contribution in [3.63, 3.8) is 0 Å². The van der Waals surface area contributed by atoms with Crippen LogP contribution in [-0.2, 0) is 4.43 Å². The predicted molar refractivity (Wildman–Crippen MR) is 64.2 cm³/mol. The number of hydrogen-bond donors (Lipinski definition) is 0. The molecule has 0 saturated heterocycles. The van der Waals surface area contributed by atoms with Gasteiger partial charge in [-0.2, -0.15) is 14.0 Å².